The van der Waals surface area contributed by atoms with Gasteiger partial charge in [-0.1, -0.05) is 5.92 Å². The molecule has 0 radical (unpaired) electrons. The number of nitro benzene ring substituents is 1. The van der Waals surface area contributed by atoms with E-state index in [-0.39, 0.29) is 16.7 Å². The van der Waals surface area contributed by atoms with E-state index in [9.17, 15) is 10.1 Å². The lowest BCUT2D eigenvalue weighted by Gasteiger charge is -2.35. The van der Waals surface area contributed by atoms with Gasteiger partial charge in [0.2, 0.25) is 0 Å². The molecule has 0 fully saturated rings. The molecule has 2 heterocycles. The first kappa shape index (κ1) is 12.2. The molecule has 0 amide bonds. The molecule has 6 heteroatoms. The summed E-state index contributed by atoms with van der Waals surface area (Å²) in [5.41, 5.74) is 1.10. The summed E-state index contributed by atoms with van der Waals surface area (Å²) in [5.74, 6) is 4.16. The largest absolute Gasteiger partial charge is 0.356 e. The highest BCUT2D eigenvalue weighted by molar-refractivity contribution is 7.99. The van der Waals surface area contributed by atoms with E-state index in [1.807, 2.05) is 6.07 Å². The molecule has 3 rings (SSSR count). The predicted octanol–water partition coefficient (Wildman–Crippen LogP) is 1.83. The highest BCUT2D eigenvalue weighted by Gasteiger charge is 2.26. The van der Waals surface area contributed by atoms with E-state index in [2.05, 4.69) is 22.2 Å². The number of nitrogens with zero attached hydrogens (tertiary/aromatic N) is 2. The topological polar surface area (TPSA) is 58.4 Å². The van der Waals surface area contributed by atoms with Crippen LogP contribution in [0.3, 0.4) is 0 Å². The lowest BCUT2D eigenvalue weighted by Crippen LogP contribution is -2.41. The number of rotatable bonds is 2. The summed E-state index contributed by atoms with van der Waals surface area (Å²) in [6.07, 6.45) is 0.944. The van der Waals surface area contributed by atoms with Crippen molar-refractivity contribution in [3.8, 4) is 12.0 Å². The quantitative estimate of drug-likeness (QED) is 0.507. The van der Waals surface area contributed by atoms with Gasteiger partial charge >= 0.3 is 0 Å². The smallest absolute Gasteiger partial charge is 0.271 e. The Morgan fingerprint density at radius 3 is 3.16 bits per heavy atom. The molecule has 0 saturated carbocycles. The van der Waals surface area contributed by atoms with Gasteiger partial charge in [0.1, 0.15) is 0 Å². The maximum Gasteiger partial charge on any atom is 0.271 e. The van der Waals surface area contributed by atoms with Crippen LogP contribution in [0, 0.1) is 22.1 Å². The molecule has 1 aromatic rings. The fourth-order valence-electron chi connectivity index (χ4n) is 2.38. The molecule has 5 nitrogen and oxygen atoms in total. The fourth-order valence-corrected chi connectivity index (χ4v) is 3.37. The van der Waals surface area contributed by atoms with Crippen LogP contribution < -0.4 is 10.2 Å². The van der Waals surface area contributed by atoms with Crippen LogP contribution in [0.2, 0.25) is 0 Å². The summed E-state index contributed by atoms with van der Waals surface area (Å²) in [7, 11) is 0. The number of benzene rings is 1. The van der Waals surface area contributed by atoms with Crippen molar-refractivity contribution in [3.05, 3.63) is 28.3 Å². The minimum Gasteiger partial charge on any atom is -0.356 e. The molecule has 2 aliphatic heterocycles. The van der Waals surface area contributed by atoms with Crippen LogP contribution in [-0.2, 0) is 0 Å². The number of hydrogen-bond acceptors (Lipinski definition) is 5. The fraction of sp³-hybridized carbons (Fsp3) is 0.385. The predicted molar refractivity (Wildman–Crippen MR) is 75.4 cm³/mol. The van der Waals surface area contributed by atoms with Crippen molar-refractivity contribution >= 4 is 23.1 Å². The molecule has 0 spiro atoms. The van der Waals surface area contributed by atoms with E-state index < -0.39 is 0 Å². The Balaban J connectivity index is 1.99. The summed E-state index contributed by atoms with van der Waals surface area (Å²) >= 11 is 1.75. The molecular formula is C13H13N3O2S. The third-order valence-corrected chi connectivity index (χ3v) is 4.34. The SMILES string of the molecule is O=[N+]([O-])c1ccc2c(c1)N(C1C#CNCC1)CCS2. The summed E-state index contributed by atoms with van der Waals surface area (Å²) < 4.78 is 0. The van der Waals surface area contributed by atoms with Gasteiger partial charge in [0.05, 0.1) is 16.7 Å². The standard InChI is InChI=1S/C13H13N3O2S/c17-16(18)11-1-2-13-12(9-11)15(7-8-19-13)10-3-5-14-6-4-10/h1-2,9-10,14H,3,5,7-8H2. The number of fused-ring (bicyclic) bond motifs is 1. The lowest BCUT2D eigenvalue weighted by atomic mass is 10.1. The van der Waals surface area contributed by atoms with E-state index in [1.54, 1.807) is 23.9 Å². The van der Waals surface area contributed by atoms with Crippen molar-refractivity contribution in [1.82, 2.24) is 5.32 Å². The van der Waals surface area contributed by atoms with Crippen LogP contribution in [0.1, 0.15) is 6.42 Å². The van der Waals surface area contributed by atoms with Gasteiger partial charge in [0.15, 0.2) is 0 Å². The van der Waals surface area contributed by atoms with Crippen LogP contribution in [0.4, 0.5) is 11.4 Å². The first-order chi connectivity index (χ1) is 9.25. The van der Waals surface area contributed by atoms with Crippen molar-refractivity contribution in [1.29, 1.82) is 0 Å². The first-order valence-electron chi connectivity index (χ1n) is 6.17. The van der Waals surface area contributed by atoms with E-state index in [4.69, 9.17) is 0 Å². The minimum absolute atomic E-state index is 0.146. The molecule has 0 aliphatic carbocycles. The van der Waals surface area contributed by atoms with Gasteiger partial charge in [-0.25, -0.2) is 0 Å². The normalized spacial score (nSPS) is 20.8. The summed E-state index contributed by atoms with van der Waals surface area (Å²) in [5, 5.41) is 13.9. The highest BCUT2D eigenvalue weighted by atomic mass is 32.2. The number of thioether (sulfide) groups is 1. The molecule has 0 bridgehead atoms. The van der Waals surface area contributed by atoms with E-state index in [0.717, 1.165) is 35.8 Å². The monoisotopic (exact) mass is 275 g/mol. The van der Waals surface area contributed by atoms with Gasteiger partial charge < -0.3 is 10.2 Å². The molecule has 1 aromatic carbocycles. The Morgan fingerprint density at radius 1 is 1.53 bits per heavy atom. The Kier molecular flexibility index (Phi) is 3.22. The molecule has 19 heavy (non-hydrogen) atoms. The van der Waals surface area contributed by atoms with Gasteiger partial charge in [-0.3, -0.25) is 10.1 Å². The van der Waals surface area contributed by atoms with E-state index in [0.29, 0.717) is 0 Å². The molecule has 1 unspecified atom stereocenters. The number of nitro groups is 1. The van der Waals surface area contributed by atoms with Gasteiger partial charge in [-0.05, 0) is 12.5 Å². The second-order valence-corrected chi connectivity index (χ2v) is 5.59. The number of nitrogens with one attached hydrogen (secondary N) is 1. The van der Waals surface area contributed by atoms with Crippen molar-refractivity contribution < 1.29 is 4.92 Å². The maximum absolute atomic E-state index is 10.9. The Labute approximate surface area is 115 Å². The molecular weight excluding hydrogens is 262 g/mol. The maximum atomic E-state index is 10.9. The highest BCUT2D eigenvalue weighted by Crippen LogP contribution is 2.38. The molecule has 98 valence electrons. The zero-order chi connectivity index (χ0) is 13.2. The minimum atomic E-state index is -0.341. The van der Waals surface area contributed by atoms with Crippen molar-refractivity contribution in [2.45, 2.75) is 17.4 Å². The van der Waals surface area contributed by atoms with Crippen molar-refractivity contribution in [2.24, 2.45) is 0 Å². The van der Waals surface area contributed by atoms with Gasteiger partial charge in [0, 0.05) is 41.9 Å². The van der Waals surface area contributed by atoms with E-state index in [1.165, 1.54) is 0 Å². The summed E-state index contributed by atoms with van der Waals surface area (Å²) in [6.45, 7) is 1.75. The zero-order valence-electron chi connectivity index (χ0n) is 10.3. The van der Waals surface area contributed by atoms with Crippen LogP contribution in [0.25, 0.3) is 0 Å². The molecule has 0 saturated heterocycles. The van der Waals surface area contributed by atoms with Crippen LogP contribution in [0.15, 0.2) is 23.1 Å². The van der Waals surface area contributed by atoms with E-state index >= 15 is 0 Å². The lowest BCUT2D eigenvalue weighted by molar-refractivity contribution is -0.384. The first-order valence-corrected chi connectivity index (χ1v) is 7.15. The summed E-state index contributed by atoms with van der Waals surface area (Å²) in [4.78, 5) is 13.9. The van der Waals surface area contributed by atoms with Gasteiger partial charge in [-0.15, -0.1) is 11.8 Å². The van der Waals surface area contributed by atoms with Crippen LogP contribution in [-0.4, -0.2) is 29.8 Å². The summed E-state index contributed by atoms with van der Waals surface area (Å²) in [6, 6.07) is 8.16. The second kappa shape index (κ2) is 5.02. The van der Waals surface area contributed by atoms with Crippen LogP contribution >= 0.6 is 11.8 Å². The van der Waals surface area contributed by atoms with Crippen LogP contribution in [0.5, 0.6) is 0 Å². The number of non-ortho nitro benzene ring substituents is 1. The molecule has 0 aromatic heterocycles. The number of hydrogen-bond donors (Lipinski definition) is 1. The molecule has 2 aliphatic rings. The van der Waals surface area contributed by atoms with Crippen molar-refractivity contribution in [2.75, 3.05) is 23.7 Å². The third kappa shape index (κ3) is 2.34. The number of anilines is 1. The Hall–Kier alpha value is -1.87. The average molecular weight is 275 g/mol. The zero-order valence-corrected chi connectivity index (χ0v) is 11.1. The van der Waals surface area contributed by atoms with Crippen molar-refractivity contribution in [3.63, 3.8) is 0 Å². The second-order valence-electron chi connectivity index (χ2n) is 4.45. The third-order valence-electron chi connectivity index (χ3n) is 3.30. The van der Waals surface area contributed by atoms with Gasteiger partial charge in [0.25, 0.3) is 5.69 Å². The molecule has 1 atom stereocenters. The Bertz CT molecular complexity index is 579. The van der Waals surface area contributed by atoms with Gasteiger partial charge in [-0.2, -0.15) is 0 Å². The average Bonchev–Trinajstić information content (AvgIpc) is 2.47. The Morgan fingerprint density at radius 2 is 2.42 bits per heavy atom. The molecule has 1 N–H and O–H groups in total.